The number of aliphatic hydroxyl groups excluding tert-OH is 1. The predicted octanol–water partition coefficient (Wildman–Crippen LogP) is 4.03. The number of nitrogens with one attached hydrogen (secondary N) is 2. The molecule has 0 atom stereocenters. The van der Waals surface area contributed by atoms with Gasteiger partial charge in [-0.1, -0.05) is 25.0 Å². The van der Waals surface area contributed by atoms with Crippen molar-refractivity contribution in [1.82, 2.24) is 10.6 Å². The quantitative estimate of drug-likeness (QED) is 0.307. The summed E-state index contributed by atoms with van der Waals surface area (Å²) in [5.74, 6) is -0.173. The largest absolute Gasteiger partial charge is 0.573 e. The zero-order chi connectivity index (χ0) is 25.3. The summed E-state index contributed by atoms with van der Waals surface area (Å²) in [5.41, 5.74) is 0.552. The van der Waals surface area contributed by atoms with Crippen molar-refractivity contribution in [3.05, 3.63) is 65.4 Å². The zero-order valence-electron chi connectivity index (χ0n) is 18.9. The number of halogens is 3. The lowest BCUT2D eigenvalue weighted by molar-refractivity contribution is -0.274. The Kier molecular flexibility index (Phi) is 9.13. The van der Waals surface area contributed by atoms with Gasteiger partial charge < -0.3 is 25.2 Å². The van der Waals surface area contributed by atoms with Crippen LogP contribution in [-0.4, -0.2) is 43.0 Å². The molecule has 1 aliphatic rings. The molecule has 3 rings (SSSR count). The van der Waals surface area contributed by atoms with E-state index in [2.05, 4.69) is 15.4 Å². The van der Waals surface area contributed by atoms with Crippen molar-refractivity contribution in [3.63, 3.8) is 0 Å². The minimum absolute atomic E-state index is 0.109. The van der Waals surface area contributed by atoms with Crippen LogP contribution in [0.1, 0.15) is 41.6 Å². The molecule has 0 spiro atoms. The normalized spacial score (nSPS) is 13.8. The third-order valence-electron chi connectivity index (χ3n) is 5.15. The Labute approximate surface area is 200 Å². The molecule has 1 aliphatic carbocycles. The average Bonchev–Trinajstić information content (AvgIpc) is 3.64. The van der Waals surface area contributed by atoms with Gasteiger partial charge in [0.2, 0.25) is 0 Å². The van der Waals surface area contributed by atoms with Crippen molar-refractivity contribution in [1.29, 1.82) is 0 Å². The third kappa shape index (κ3) is 9.32. The van der Waals surface area contributed by atoms with Crippen LogP contribution in [0.3, 0.4) is 0 Å². The van der Waals surface area contributed by atoms with Gasteiger partial charge in [0.1, 0.15) is 17.2 Å². The van der Waals surface area contributed by atoms with Crippen LogP contribution in [0.25, 0.3) is 6.08 Å². The number of rotatable bonds is 12. The molecule has 2 amide bonds. The van der Waals surface area contributed by atoms with Gasteiger partial charge in [-0.2, -0.15) is 0 Å². The molecule has 3 N–H and O–H groups in total. The number of hydrogen-bond acceptors (Lipinski definition) is 5. The van der Waals surface area contributed by atoms with E-state index < -0.39 is 23.9 Å². The fourth-order valence-corrected chi connectivity index (χ4v) is 3.11. The molecule has 1 fully saturated rings. The number of carbonyl (C=O) groups excluding carboxylic acids is 2. The first kappa shape index (κ1) is 26.1. The SMILES string of the molecule is O=C(NCCCO)/C(=C/c1ccc(OC(F)(F)F)cc1)NC(=O)c1ccc(OCCC2CC2)cc1. The Morgan fingerprint density at radius 2 is 1.69 bits per heavy atom. The summed E-state index contributed by atoms with van der Waals surface area (Å²) >= 11 is 0. The number of alkyl halides is 3. The fraction of sp³-hybridized carbons (Fsp3) is 0.360. The van der Waals surface area contributed by atoms with Gasteiger partial charge in [-0.25, -0.2) is 0 Å². The van der Waals surface area contributed by atoms with Gasteiger partial charge in [-0.15, -0.1) is 13.2 Å². The smallest absolute Gasteiger partial charge is 0.494 e. The van der Waals surface area contributed by atoms with E-state index in [9.17, 15) is 22.8 Å². The Morgan fingerprint density at radius 3 is 2.29 bits per heavy atom. The lowest BCUT2D eigenvalue weighted by Crippen LogP contribution is -2.35. The van der Waals surface area contributed by atoms with E-state index in [-0.39, 0.29) is 18.8 Å². The molecule has 0 unspecified atom stereocenters. The van der Waals surface area contributed by atoms with Crippen molar-refractivity contribution < 1.29 is 37.3 Å². The second kappa shape index (κ2) is 12.3. The summed E-state index contributed by atoms with van der Waals surface area (Å²) in [4.78, 5) is 25.4. The van der Waals surface area contributed by atoms with Gasteiger partial charge in [-0.05, 0) is 66.8 Å². The Bertz CT molecular complexity index is 1020. The maximum Gasteiger partial charge on any atom is 0.573 e. The third-order valence-corrected chi connectivity index (χ3v) is 5.15. The van der Waals surface area contributed by atoms with Crippen LogP contribution in [0, 0.1) is 5.92 Å². The van der Waals surface area contributed by atoms with Gasteiger partial charge in [0, 0.05) is 18.7 Å². The van der Waals surface area contributed by atoms with Crippen molar-refractivity contribution in [2.75, 3.05) is 19.8 Å². The van der Waals surface area contributed by atoms with Crippen molar-refractivity contribution in [2.24, 2.45) is 5.92 Å². The summed E-state index contributed by atoms with van der Waals surface area (Å²) in [6.07, 6.45) is 0.332. The van der Waals surface area contributed by atoms with E-state index in [4.69, 9.17) is 9.84 Å². The van der Waals surface area contributed by atoms with Crippen LogP contribution in [0.5, 0.6) is 11.5 Å². The summed E-state index contributed by atoms with van der Waals surface area (Å²) in [6, 6.07) is 11.3. The minimum atomic E-state index is -4.82. The molecule has 0 heterocycles. The van der Waals surface area contributed by atoms with Crippen LogP contribution in [-0.2, 0) is 4.79 Å². The van der Waals surface area contributed by atoms with Crippen molar-refractivity contribution >= 4 is 17.9 Å². The van der Waals surface area contributed by atoms with Crippen LogP contribution >= 0.6 is 0 Å². The Balaban J connectivity index is 1.68. The molecular formula is C25H27F3N2O5. The second-order valence-electron chi connectivity index (χ2n) is 8.07. The lowest BCUT2D eigenvalue weighted by atomic mass is 10.1. The first-order valence-electron chi connectivity index (χ1n) is 11.2. The van der Waals surface area contributed by atoms with Crippen LogP contribution in [0.4, 0.5) is 13.2 Å². The Hall–Kier alpha value is -3.53. The van der Waals surface area contributed by atoms with E-state index in [1.165, 1.54) is 31.1 Å². The molecule has 0 radical (unpaired) electrons. The van der Waals surface area contributed by atoms with E-state index >= 15 is 0 Å². The van der Waals surface area contributed by atoms with Crippen LogP contribution in [0.15, 0.2) is 54.2 Å². The lowest BCUT2D eigenvalue weighted by Gasteiger charge is -2.12. The summed E-state index contributed by atoms with van der Waals surface area (Å²) in [5, 5.41) is 14.0. The van der Waals surface area contributed by atoms with E-state index in [1.54, 1.807) is 24.3 Å². The highest BCUT2D eigenvalue weighted by atomic mass is 19.4. The van der Waals surface area contributed by atoms with Crippen molar-refractivity contribution in [3.8, 4) is 11.5 Å². The number of aliphatic hydroxyl groups is 1. The highest BCUT2D eigenvalue weighted by Crippen LogP contribution is 2.32. The topological polar surface area (TPSA) is 96.9 Å². The zero-order valence-corrected chi connectivity index (χ0v) is 18.9. The first-order chi connectivity index (χ1) is 16.7. The Morgan fingerprint density at radius 1 is 1.03 bits per heavy atom. The maximum atomic E-state index is 12.8. The fourth-order valence-electron chi connectivity index (χ4n) is 3.11. The second-order valence-corrected chi connectivity index (χ2v) is 8.07. The number of amides is 2. The number of ether oxygens (including phenoxy) is 2. The van der Waals surface area contributed by atoms with E-state index in [0.717, 1.165) is 24.5 Å². The highest BCUT2D eigenvalue weighted by Gasteiger charge is 2.31. The summed E-state index contributed by atoms with van der Waals surface area (Å²) in [7, 11) is 0. The molecule has 0 bridgehead atoms. The van der Waals surface area contributed by atoms with Gasteiger partial charge in [0.25, 0.3) is 11.8 Å². The maximum absolute atomic E-state index is 12.8. The number of hydrogen-bond donors (Lipinski definition) is 3. The molecule has 0 aliphatic heterocycles. The highest BCUT2D eigenvalue weighted by molar-refractivity contribution is 6.05. The van der Waals surface area contributed by atoms with E-state index in [1.807, 2.05) is 0 Å². The van der Waals surface area contributed by atoms with E-state index in [0.29, 0.717) is 29.9 Å². The molecule has 2 aromatic rings. The molecule has 188 valence electrons. The van der Waals surface area contributed by atoms with Gasteiger partial charge in [0.15, 0.2) is 0 Å². The van der Waals surface area contributed by atoms with Gasteiger partial charge >= 0.3 is 6.36 Å². The predicted molar refractivity (Wildman–Crippen MR) is 123 cm³/mol. The van der Waals surface area contributed by atoms with Crippen LogP contribution < -0.4 is 20.1 Å². The molecule has 7 nitrogen and oxygen atoms in total. The van der Waals surface area contributed by atoms with Crippen LogP contribution in [0.2, 0.25) is 0 Å². The van der Waals surface area contributed by atoms with Crippen molar-refractivity contribution in [2.45, 2.75) is 32.0 Å². The first-order valence-corrected chi connectivity index (χ1v) is 11.2. The summed E-state index contributed by atoms with van der Waals surface area (Å²) in [6.45, 7) is 0.666. The molecular weight excluding hydrogens is 465 g/mol. The molecule has 0 saturated heterocycles. The van der Waals surface area contributed by atoms with Gasteiger partial charge in [0.05, 0.1) is 6.61 Å². The molecule has 2 aromatic carbocycles. The molecule has 35 heavy (non-hydrogen) atoms. The number of benzene rings is 2. The molecule has 10 heteroatoms. The standard InChI is InChI=1S/C25H27F3N2O5/c26-25(27,28)35-21-8-4-18(5-9-21)16-22(24(33)29-13-1-14-31)30-23(32)19-6-10-20(11-7-19)34-15-12-17-2-3-17/h4-11,16-17,31H,1-3,12-15H2,(H,29,33)(H,30,32)/b22-16-. The summed E-state index contributed by atoms with van der Waals surface area (Å²) < 4.78 is 46.6. The number of carbonyl (C=O) groups is 2. The average molecular weight is 492 g/mol. The molecule has 0 aromatic heterocycles. The monoisotopic (exact) mass is 492 g/mol. The molecule has 1 saturated carbocycles. The minimum Gasteiger partial charge on any atom is -0.494 e. The van der Waals surface area contributed by atoms with Gasteiger partial charge in [-0.3, -0.25) is 9.59 Å².